The average molecular weight is 390 g/mol. The molecule has 0 aliphatic heterocycles. The normalized spacial score (nSPS) is 10.1. The molecular formula is C23H22N2O4. The lowest BCUT2D eigenvalue weighted by atomic mass is 10.1. The number of para-hydroxylation sites is 2. The second-order valence-corrected chi connectivity index (χ2v) is 6.35. The third-order valence-electron chi connectivity index (χ3n) is 4.19. The summed E-state index contributed by atoms with van der Waals surface area (Å²) in [5.74, 6) is 1.16. The van der Waals surface area contributed by atoms with Crippen LogP contribution in [0.15, 0.2) is 78.9 Å². The summed E-state index contributed by atoms with van der Waals surface area (Å²) in [7, 11) is 3.16. The van der Waals surface area contributed by atoms with Crippen LogP contribution in [0.3, 0.4) is 0 Å². The van der Waals surface area contributed by atoms with E-state index in [-0.39, 0.29) is 18.4 Å². The van der Waals surface area contributed by atoms with E-state index in [0.717, 1.165) is 0 Å². The number of carbonyl (C=O) groups excluding carboxylic acids is 2. The van der Waals surface area contributed by atoms with Crippen LogP contribution in [0.4, 0.5) is 5.69 Å². The largest absolute Gasteiger partial charge is 0.497 e. The highest BCUT2D eigenvalue weighted by Crippen LogP contribution is 2.26. The molecule has 3 aromatic rings. The number of nitrogens with one attached hydrogen (secondary N) is 1. The highest BCUT2D eigenvalue weighted by Gasteiger charge is 2.19. The zero-order chi connectivity index (χ0) is 20.6. The highest BCUT2D eigenvalue weighted by atomic mass is 16.5. The number of hydrogen-bond donors (Lipinski definition) is 1. The fourth-order valence-electron chi connectivity index (χ4n) is 2.72. The van der Waals surface area contributed by atoms with Crippen LogP contribution in [-0.2, 0) is 4.79 Å². The second kappa shape index (κ2) is 9.41. The summed E-state index contributed by atoms with van der Waals surface area (Å²) in [5.41, 5.74) is 1.01. The van der Waals surface area contributed by atoms with E-state index in [2.05, 4.69) is 5.32 Å². The zero-order valence-electron chi connectivity index (χ0n) is 16.3. The maximum Gasteiger partial charge on any atom is 0.257 e. The van der Waals surface area contributed by atoms with Gasteiger partial charge in [0, 0.05) is 12.7 Å². The Labute approximate surface area is 169 Å². The molecule has 0 aliphatic carbocycles. The van der Waals surface area contributed by atoms with E-state index in [9.17, 15) is 9.59 Å². The fourth-order valence-corrected chi connectivity index (χ4v) is 2.72. The van der Waals surface area contributed by atoms with Crippen LogP contribution in [0.1, 0.15) is 10.4 Å². The minimum absolute atomic E-state index is 0.0927. The molecule has 6 nitrogen and oxygen atoms in total. The molecule has 0 aliphatic rings. The summed E-state index contributed by atoms with van der Waals surface area (Å²) in [6, 6.07) is 23.2. The van der Waals surface area contributed by atoms with Crippen LogP contribution in [0, 0.1) is 0 Å². The third kappa shape index (κ3) is 5.35. The Balaban J connectivity index is 1.65. The molecule has 3 aromatic carbocycles. The molecule has 0 atom stereocenters. The molecule has 0 bridgehead atoms. The van der Waals surface area contributed by atoms with Gasteiger partial charge in [0.05, 0.1) is 19.2 Å². The number of benzene rings is 3. The summed E-state index contributed by atoms with van der Waals surface area (Å²) >= 11 is 0. The number of likely N-dealkylation sites (N-methyl/N-ethyl adjacent to an activating group) is 1. The number of hydrogen-bond acceptors (Lipinski definition) is 4. The molecule has 0 spiro atoms. The maximum absolute atomic E-state index is 12.9. The summed E-state index contributed by atoms with van der Waals surface area (Å²) in [6.07, 6.45) is 0. The van der Waals surface area contributed by atoms with Crippen molar-refractivity contribution < 1.29 is 19.1 Å². The topological polar surface area (TPSA) is 67.9 Å². The van der Waals surface area contributed by atoms with Crippen molar-refractivity contribution in [3.05, 3.63) is 84.4 Å². The zero-order valence-corrected chi connectivity index (χ0v) is 16.3. The highest BCUT2D eigenvalue weighted by molar-refractivity contribution is 6.00. The van der Waals surface area contributed by atoms with Gasteiger partial charge in [0.15, 0.2) is 0 Å². The van der Waals surface area contributed by atoms with Gasteiger partial charge in [0.1, 0.15) is 17.2 Å². The molecule has 0 heterocycles. The van der Waals surface area contributed by atoms with Crippen molar-refractivity contribution in [3.8, 4) is 17.2 Å². The molecule has 1 N–H and O–H groups in total. The number of anilines is 1. The van der Waals surface area contributed by atoms with E-state index >= 15 is 0 Å². The lowest BCUT2D eigenvalue weighted by molar-refractivity contribution is -0.116. The molecule has 29 heavy (non-hydrogen) atoms. The van der Waals surface area contributed by atoms with Crippen LogP contribution in [0.5, 0.6) is 17.2 Å². The van der Waals surface area contributed by atoms with E-state index in [1.807, 2.05) is 30.3 Å². The molecule has 0 saturated heterocycles. The van der Waals surface area contributed by atoms with Gasteiger partial charge >= 0.3 is 0 Å². The van der Waals surface area contributed by atoms with Gasteiger partial charge in [-0.3, -0.25) is 9.59 Å². The third-order valence-corrected chi connectivity index (χ3v) is 4.19. The van der Waals surface area contributed by atoms with E-state index in [0.29, 0.717) is 28.5 Å². The van der Waals surface area contributed by atoms with Crippen molar-refractivity contribution in [2.75, 3.05) is 26.0 Å². The van der Waals surface area contributed by atoms with Gasteiger partial charge in [-0.25, -0.2) is 0 Å². The SMILES string of the molecule is COc1ccc(NC(=O)CN(C)C(=O)c2ccccc2Oc2ccccc2)cc1. The molecule has 0 saturated carbocycles. The van der Waals surface area contributed by atoms with Crippen LogP contribution >= 0.6 is 0 Å². The minimum atomic E-state index is -0.304. The van der Waals surface area contributed by atoms with Gasteiger partial charge in [-0.1, -0.05) is 30.3 Å². The predicted octanol–water partition coefficient (Wildman–Crippen LogP) is 4.20. The van der Waals surface area contributed by atoms with Gasteiger partial charge in [0.2, 0.25) is 5.91 Å². The van der Waals surface area contributed by atoms with Gasteiger partial charge in [-0.05, 0) is 48.5 Å². The summed E-state index contributed by atoms with van der Waals surface area (Å²) in [5, 5.41) is 2.77. The minimum Gasteiger partial charge on any atom is -0.497 e. The standard InChI is InChI=1S/C23H22N2O4/c1-25(16-22(26)24-17-12-14-18(28-2)15-13-17)23(27)20-10-6-7-11-21(20)29-19-8-4-3-5-9-19/h3-15H,16H2,1-2H3,(H,24,26). The Hall–Kier alpha value is -3.80. The Morgan fingerprint density at radius 2 is 1.52 bits per heavy atom. The van der Waals surface area contributed by atoms with Gasteiger partial charge in [0.25, 0.3) is 5.91 Å². The molecule has 2 amide bonds. The van der Waals surface area contributed by atoms with Crippen molar-refractivity contribution in [2.24, 2.45) is 0 Å². The van der Waals surface area contributed by atoms with Crippen molar-refractivity contribution in [1.82, 2.24) is 4.90 Å². The quantitative estimate of drug-likeness (QED) is 0.657. The van der Waals surface area contributed by atoms with Crippen LogP contribution in [0.25, 0.3) is 0 Å². The maximum atomic E-state index is 12.9. The molecule has 3 rings (SSSR count). The number of methoxy groups -OCH3 is 1. The van der Waals surface area contributed by atoms with E-state index in [1.165, 1.54) is 4.90 Å². The lowest BCUT2D eigenvalue weighted by Gasteiger charge is -2.19. The van der Waals surface area contributed by atoms with Gasteiger partial charge < -0.3 is 19.7 Å². The van der Waals surface area contributed by atoms with Gasteiger partial charge in [-0.2, -0.15) is 0 Å². The Morgan fingerprint density at radius 1 is 0.862 bits per heavy atom. The molecule has 0 unspecified atom stereocenters. The molecule has 0 radical (unpaired) electrons. The van der Waals surface area contributed by atoms with Crippen molar-refractivity contribution in [1.29, 1.82) is 0 Å². The van der Waals surface area contributed by atoms with Crippen LogP contribution < -0.4 is 14.8 Å². The van der Waals surface area contributed by atoms with E-state index in [1.54, 1.807) is 62.7 Å². The summed E-state index contributed by atoms with van der Waals surface area (Å²) in [4.78, 5) is 26.6. The number of carbonyl (C=O) groups is 2. The molecule has 6 heteroatoms. The predicted molar refractivity (Wildman–Crippen MR) is 112 cm³/mol. The molecule has 148 valence electrons. The Bertz CT molecular complexity index is 972. The lowest BCUT2D eigenvalue weighted by Crippen LogP contribution is -2.35. The monoisotopic (exact) mass is 390 g/mol. The molecule has 0 fully saturated rings. The average Bonchev–Trinajstić information content (AvgIpc) is 2.75. The number of amides is 2. The Kier molecular flexibility index (Phi) is 6.47. The van der Waals surface area contributed by atoms with Crippen molar-refractivity contribution in [3.63, 3.8) is 0 Å². The number of ether oxygens (including phenoxy) is 2. The van der Waals surface area contributed by atoms with E-state index < -0.39 is 0 Å². The van der Waals surface area contributed by atoms with Crippen molar-refractivity contribution >= 4 is 17.5 Å². The Morgan fingerprint density at radius 3 is 2.21 bits per heavy atom. The molecular weight excluding hydrogens is 368 g/mol. The van der Waals surface area contributed by atoms with Gasteiger partial charge in [-0.15, -0.1) is 0 Å². The first-order valence-corrected chi connectivity index (χ1v) is 9.08. The number of nitrogens with zero attached hydrogens (tertiary/aromatic N) is 1. The smallest absolute Gasteiger partial charge is 0.257 e. The first-order valence-electron chi connectivity index (χ1n) is 9.08. The first kappa shape index (κ1) is 19.9. The molecule has 0 aromatic heterocycles. The summed E-state index contributed by atoms with van der Waals surface area (Å²) < 4.78 is 10.9. The second-order valence-electron chi connectivity index (χ2n) is 6.35. The number of rotatable bonds is 7. The van der Waals surface area contributed by atoms with Crippen LogP contribution in [0.2, 0.25) is 0 Å². The summed E-state index contributed by atoms with van der Waals surface area (Å²) in [6.45, 7) is -0.0927. The first-order chi connectivity index (χ1) is 14.1. The van der Waals surface area contributed by atoms with Crippen LogP contribution in [-0.4, -0.2) is 37.4 Å². The van der Waals surface area contributed by atoms with E-state index in [4.69, 9.17) is 9.47 Å². The van der Waals surface area contributed by atoms with Crippen molar-refractivity contribution in [2.45, 2.75) is 0 Å². The fraction of sp³-hybridized carbons (Fsp3) is 0.130.